The van der Waals surface area contributed by atoms with Crippen LogP contribution in [0.15, 0.2) is 72.9 Å². The molecule has 0 fully saturated rings. The lowest BCUT2D eigenvalue weighted by molar-refractivity contribution is -0.161. The van der Waals surface area contributed by atoms with E-state index in [1.54, 1.807) is 0 Å². The van der Waals surface area contributed by atoms with E-state index in [1.165, 1.54) is 270 Å². The topological polar surface area (TPSA) is 134 Å². The Hall–Kier alpha value is -2.55. The zero-order valence-corrected chi connectivity index (χ0v) is 58.2. The van der Waals surface area contributed by atoms with Crippen LogP contribution in [0.3, 0.4) is 0 Å². The summed E-state index contributed by atoms with van der Waals surface area (Å²) in [5, 5.41) is 0. The zero-order valence-electron chi connectivity index (χ0n) is 57.3. The summed E-state index contributed by atoms with van der Waals surface area (Å²) in [6.07, 6.45) is 96.0. The van der Waals surface area contributed by atoms with Crippen molar-refractivity contribution < 1.29 is 37.6 Å². The highest BCUT2D eigenvalue weighted by Gasteiger charge is 2.26. The van der Waals surface area contributed by atoms with Crippen molar-refractivity contribution in [3.63, 3.8) is 0 Å². The van der Waals surface area contributed by atoms with Gasteiger partial charge in [-0.1, -0.05) is 350 Å². The average molecular weight is 1240 g/mol. The minimum absolute atomic E-state index is 0.0529. The van der Waals surface area contributed by atoms with Crippen LogP contribution in [-0.2, 0) is 32.7 Å². The van der Waals surface area contributed by atoms with Gasteiger partial charge in [0.1, 0.15) is 6.61 Å². The van der Waals surface area contributed by atoms with E-state index in [0.29, 0.717) is 6.42 Å². The summed E-state index contributed by atoms with van der Waals surface area (Å²) in [5.41, 5.74) is 5.41. The molecule has 0 saturated heterocycles. The zero-order chi connectivity index (χ0) is 63.0. The van der Waals surface area contributed by atoms with Gasteiger partial charge >= 0.3 is 19.8 Å². The third kappa shape index (κ3) is 72.4. The van der Waals surface area contributed by atoms with E-state index in [4.69, 9.17) is 24.3 Å². The van der Waals surface area contributed by atoms with Gasteiger partial charge in [-0.15, -0.1) is 0 Å². The number of allylic oxidation sites excluding steroid dienone is 12. The summed E-state index contributed by atoms with van der Waals surface area (Å²) in [7, 11) is -4.40. The molecule has 0 amide bonds. The molecule has 10 heteroatoms. The van der Waals surface area contributed by atoms with E-state index in [0.717, 1.165) is 70.6 Å². The van der Waals surface area contributed by atoms with Crippen LogP contribution in [-0.4, -0.2) is 49.3 Å². The van der Waals surface area contributed by atoms with Crippen LogP contribution in [0.1, 0.15) is 373 Å². The Kier molecular flexibility index (Phi) is 70.4. The molecule has 9 nitrogen and oxygen atoms in total. The van der Waals surface area contributed by atoms with Gasteiger partial charge in [0.2, 0.25) is 0 Å². The summed E-state index contributed by atoms with van der Waals surface area (Å²) in [6.45, 7) is 3.67. The predicted molar refractivity (Wildman–Crippen MR) is 376 cm³/mol. The molecule has 0 aromatic heterocycles. The Morgan fingerprint density at radius 3 is 0.943 bits per heavy atom. The first-order chi connectivity index (χ1) is 42.8. The number of ether oxygens (including phenoxy) is 2. The molecule has 2 unspecified atom stereocenters. The molecule has 0 aliphatic heterocycles. The first-order valence-corrected chi connectivity index (χ1v) is 38.9. The molecule has 0 bridgehead atoms. The summed E-state index contributed by atoms with van der Waals surface area (Å²) >= 11 is 0. The minimum Gasteiger partial charge on any atom is -0.462 e. The van der Waals surface area contributed by atoms with Crippen molar-refractivity contribution in [2.75, 3.05) is 26.4 Å². The van der Waals surface area contributed by atoms with E-state index in [9.17, 15) is 19.0 Å². The summed E-state index contributed by atoms with van der Waals surface area (Å²) < 4.78 is 33.2. The Morgan fingerprint density at radius 2 is 0.632 bits per heavy atom. The SMILES string of the molecule is CC/C=C\C/C=C\C/C=C\C/C=C\CCCCCCCCCCCCCCC(=O)OC(COC(=O)CCCCCCCCCCCCCCCCCCCCCCCCCCCCCCC/C=C\C/C=C\CCCCCCC)COP(=O)(O)OCCN. The van der Waals surface area contributed by atoms with Gasteiger partial charge in [0.25, 0.3) is 0 Å². The van der Waals surface area contributed by atoms with Crippen LogP contribution in [0, 0.1) is 0 Å². The lowest BCUT2D eigenvalue weighted by Gasteiger charge is -2.19. The highest BCUT2D eigenvalue weighted by Crippen LogP contribution is 2.43. The highest BCUT2D eigenvalue weighted by molar-refractivity contribution is 7.47. The number of hydrogen-bond donors (Lipinski definition) is 2. The molecule has 508 valence electrons. The standard InChI is InChI=1S/C77H142NO8P/c1-3-5-7-9-11-13-15-17-19-21-23-25-27-29-30-31-32-33-34-35-36-37-38-39-40-41-42-43-44-46-47-49-51-53-55-57-59-61-63-65-67-69-76(79)83-73-75(74-85-87(81,82)84-72-71-78)86-77(80)70-68-66-64-62-60-58-56-54-52-50-48-45-28-26-24-22-20-18-16-14-12-10-8-6-4-2/h6,8,12,14-15,17-18,20-21,23-24,26,75H,3-5,7,9-11,13,16,19,22,25,27-74,78H2,1-2H3,(H,81,82)/b8-6-,14-12-,17-15-,20-18-,23-21-,26-24-. The van der Waals surface area contributed by atoms with Gasteiger partial charge in [-0.05, 0) is 83.5 Å². The Bertz CT molecular complexity index is 1660. The van der Waals surface area contributed by atoms with E-state index in [-0.39, 0.29) is 38.6 Å². The Balaban J connectivity index is 3.75. The maximum atomic E-state index is 12.8. The Labute approximate surface area is 539 Å². The third-order valence-corrected chi connectivity index (χ3v) is 17.6. The van der Waals surface area contributed by atoms with Gasteiger partial charge in [0.05, 0.1) is 13.2 Å². The molecule has 0 spiro atoms. The van der Waals surface area contributed by atoms with Crippen molar-refractivity contribution in [1.29, 1.82) is 0 Å². The van der Waals surface area contributed by atoms with Gasteiger partial charge in [0, 0.05) is 19.4 Å². The molecular formula is C77H142NO8P. The molecule has 0 aromatic carbocycles. The van der Waals surface area contributed by atoms with Crippen molar-refractivity contribution in [2.24, 2.45) is 5.73 Å². The number of carbonyl (C=O) groups excluding carboxylic acids is 2. The van der Waals surface area contributed by atoms with Crippen molar-refractivity contribution in [2.45, 2.75) is 380 Å². The fraction of sp³-hybridized carbons (Fsp3) is 0.818. The second kappa shape index (κ2) is 72.5. The van der Waals surface area contributed by atoms with Crippen molar-refractivity contribution in [3.8, 4) is 0 Å². The van der Waals surface area contributed by atoms with Crippen LogP contribution < -0.4 is 5.73 Å². The number of nitrogens with two attached hydrogens (primary N) is 1. The van der Waals surface area contributed by atoms with Gasteiger partial charge in [-0.2, -0.15) is 0 Å². The summed E-state index contributed by atoms with van der Waals surface area (Å²) in [4.78, 5) is 35.4. The maximum Gasteiger partial charge on any atom is 0.472 e. The first kappa shape index (κ1) is 84.5. The fourth-order valence-electron chi connectivity index (χ4n) is 11.1. The fourth-order valence-corrected chi connectivity index (χ4v) is 11.8. The van der Waals surface area contributed by atoms with Gasteiger partial charge in [0.15, 0.2) is 6.10 Å². The third-order valence-electron chi connectivity index (χ3n) is 16.6. The molecule has 2 atom stereocenters. The lowest BCUT2D eigenvalue weighted by atomic mass is 10.0. The smallest absolute Gasteiger partial charge is 0.462 e. The number of hydrogen-bond acceptors (Lipinski definition) is 8. The Morgan fingerprint density at radius 1 is 0.356 bits per heavy atom. The van der Waals surface area contributed by atoms with Crippen LogP contribution >= 0.6 is 7.82 Å². The van der Waals surface area contributed by atoms with Gasteiger partial charge in [-0.25, -0.2) is 4.57 Å². The average Bonchev–Trinajstić information content (AvgIpc) is 3.64. The number of rotatable bonds is 71. The van der Waals surface area contributed by atoms with Crippen LogP contribution in [0.25, 0.3) is 0 Å². The molecule has 0 aromatic rings. The summed E-state index contributed by atoms with van der Waals surface area (Å²) in [6, 6.07) is 0. The molecular weight excluding hydrogens is 1100 g/mol. The van der Waals surface area contributed by atoms with Crippen molar-refractivity contribution >= 4 is 19.8 Å². The second-order valence-electron chi connectivity index (χ2n) is 25.1. The molecule has 0 radical (unpaired) electrons. The van der Waals surface area contributed by atoms with E-state index < -0.39 is 26.5 Å². The lowest BCUT2D eigenvalue weighted by Crippen LogP contribution is -2.29. The van der Waals surface area contributed by atoms with Crippen molar-refractivity contribution in [3.05, 3.63) is 72.9 Å². The number of phosphoric acid groups is 1. The van der Waals surface area contributed by atoms with Crippen LogP contribution in [0.4, 0.5) is 0 Å². The molecule has 0 saturated carbocycles. The normalized spacial score (nSPS) is 13.3. The molecule has 3 N–H and O–H groups in total. The molecule has 0 aliphatic rings. The van der Waals surface area contributed by atoms with Gasteiger partial charge in [-0.3, -0.25) is 18.6 Å². The molecule has 0 aliphatic carbocycles. The quantitative estimate of drug-likeness (QED) is 0.0264. The first-order valence-electron chi connectivity index (χ1n) is 37.4. The highest BCUT2D eigenvalue weighted by atomic mass is 31.2. The maximum absolute atomic E-state index is 12.8. The number of phosphoric ester groups is 1. The van der Waals surface area contributed by atoms with Crippen LogP contribution in [0.2, 0.25) is 0 Å². The van der Waals surface area contributed by atoms with E-state index in [2.05, 4.69) is 86.8 Å². The predicted octanol–water partition coefficient (Wildman–Crippen LogP) is 24.8. The number of carbonyl (C=O) groups is 2. The largest absolute Gasteiger partial charge is 0.472 e. The number of unbranched alkanes of at least 4 members (excludes halogenated alkanes) is 46. The number of esters is 2. The monoisotopic (exact) mass is 1240 g/mol. The minimum atomic E-state index is -4.40. The molecule has 87 heavy (non-hydrogen) atoms. The molecule has 0 rings (SSSR count). The summed E-state index contributed by atoms with van der Waals surface area (Å²) in [5.74, 6) is -0.814. The molecule has 0 heterocycles. The van der Waals surface area contributed by atoms with E-state index in [1.807, 2.05) is 0 Å². The van der Waals surface area contributed by atoms with Crippen LogP contribution in [0.5, 0.6) is 0 Å². The van der Waals surface area contributed by atoms with Gasteiger partial charge < -0.3 is 20.1 Å². The van der Waals surface area contributed by atoms with Crippen molar-refractivity contribution in [1.82, 2.24) is 0 Å². The second-order valence-corrected chi connectivity index (χ2v) is 26.6. The van der Waals surface area contributed by atoms with E-state index >= 15 is 0 Å².